The molecule has 0 amide bonds. The second kappa shape index (κ2) is 11.9. The molecule has 7 rings (SSSR count). The SMILES string of the molecule is C=C1C=C2[C@H](CC[C@H]3[C@]4(C)COC5(C[C@@]235)[C@@H](OC(C)=O)[C@@H]4OCCN(CCC)CCO)C2(C)CC[C@](C)([C@H](C)C(C)C)[C@@H](C(=O)O)[C@]12C. The number of hydrogen-bond donors (Lipinski definition) is 2. The third kappa shape index (κ3) is 4.53. The van der Waals surface area contributed by atoms with E-state index in [1.54, 1.807) is 0 Å². The average molecular weight is 670 g/mol. The summed E-state index contributed by atoms with van der Waals surface area (Å²) >= 11 is 0. The average Bonchev–Trinajstić information content (AvgIpc) is 3.69. The standard InChI is InChI=1S/C40H63NO7/c1-11-16-41(17-19-42)18-20-46-32-33(48-27(6)43)40-22-39(40)29-21-25(4)38(10)31(34(44)45)35(7,26(5)24(2)3)14-15-37(38,9)28(29)12-13-30(39)36(32,8)23-47-40/h21,24,26,28,30-33,42H,4,11-20,22-23H2,1-3,5-10H3,(H,44,45)/t26-,28+,30+,31-,32+,33+,35-,36+,37?,38+,39-,40?/m1/s1. The van der Waals surface area contributed by atoms with E-state index in [-0.39, 0.29) is 52.2 Å². The minimum absolute atomic E-state index is 0.113. The van der Waals surface area contributed by atoms with E-state index < -0.39 is 29.0 Å². The molecule has 48 heavy (non-hydrogen) atoms. The minimum atomic E-state index is -0.704. The number of aliphatic hydroxyl groups excluding tert-OH is 1. The van der Waals surface area contributed by atoms with E-state index in [2.05, 4.69) is 66.4 Å². The molecule has 0 aromatic rings. The number of aliphatic hydroxyl groups is 1. The van der Waals surface area contributed by atoms with E-state index >= 15 is 0 Å². The van der Waals surface area contributed by atoms with Crippen molar-refractivity contribution in [2.24, 2.45) is 56.7 Å². The van der Waals surface area contributed by atoms with Crippen molar-refractivity contribution in [3.05, 3.63) is 23.8 Å². The number of fused-ring (bicyclic) bond motifs is 5. The van der Waals surface area contributed by atoms with E-state index in [4.69, 9.17) is 20.8 Å². The van der Waals surface area contributed by atoms with Crippen LogP contribution in [-0.2, 0) is 23.8 Å². The van der Waals surface area contributed by atoms with Gasteiger partial charge in [0.15, 0.2) is 6.10 Å². The van der Waals surface area contributed by atoms with Crippen molar-refractivity contribution >= 4 is 11.9 Å². The maximum absolute atomic E-state index is 13.5. The molecule has 2 N–H and O–H groups in total. The summed E-state index contributed by atoms with van der Waals surface area (Å²) in [7, 11) is 0. The Bertz CT molecular complexity index is 1350. The molecule has 2 saturated heterocycles. The lowest BCUT2D eigenvalue weighted by Gasteiger charge is -2.69. The maximum Gasteiger partial charge on any atom is 0.307 e. The number of carboxylic acid groups (broad SMARTS) is 1. The Hall–Kier alpha value is -1.74. The molecule has 4 saturated carbocycles. The van der Waals surface area contributed by atoms with Gasteiger partial charge in [-0.1, -0.05) is 73.6 Å². The van der Waals surface area contributed by atoms with Gasteiger partial charge in [0, 0.05) is 36.3 Å². The van der Waals surface area contributed by atoms with Gasteiger partial charge < -0.3 is 24.4 Å². The number of esters is 1. The van der Waals surface area contributed by atoms with E-state index in [1.807, 2.05) is 0 Å². The van der Waals surface area contributed by atoms with Crippen molar-refractivity contribution in [2.45, 2.75) is 119 Å². The summed E-state index contributed by atoms with van der Waals surface area (Å²) < 4.78 is 20.0. The second-order valence-corrected chi connectivity index (χ2v) is 18.0. The Morgan fingerprint density at radius 2 is 1.79 bits per heavy atom. The van der Waals surface area contributed by atoms with Crippen LogP contribution in [0.4, 0.5) is 0 Å². The Labute approximate surface area is 289 Å². The van der Waals surface area contributed by atoms with Crippen LogP contribution in [0.1, 0.15) is 101 Å². The van der Waals surface area contributed by atoms with Gasteiger partial charge in [-0.15, -0.1) is 0 Å². The molecule has 8 heteroatoms. The number of aliphatic carboxylic acids is 1. The van der Waals surface area contributed by atoms with Gasteiger partial charge in [0.2, 0.25) is 0 Å². The van der Waals surface area contributed by atoms with E-state index in [0.29, 0.717) is 38.1 Å². The highest BCUT2D eigenvalue weighted by molar-refractivity contribution is 5.75. The molecular formula is C40H63NO7. The molecule has 5 aliphatic carbocycles. The van der Waals surface area contributed by atoms with Gasteiger partial charge >= 0.3 is 11.9 Å². The van der Waals surface area contributed by atoms with Crippen LogP contribution in [0.3, 0.4) is 0 Å². The summed E-state index contributed by atoms with van der Waals surface area (Å²) in [4.78, 5) is 28.4. The smallest absolute Gasteiger partial charge is 0.307 e. The molecule has 0 aromatic heterocycles. The van der Waals surface area contributed by atoms with Crippen LogP contribution >= 0.6 is 0 Å². The minimum Gasteiger partial charge on any atom is -0.481 e. The second-order valence-electron chi connectivity index (χ2n) is 18.0. The topological polar surface area (TPSA) is 106 Å². The molecule has 6 fully saturated rings. The third-order valence-corrected chi connectivity index (χ3v) is 15.8. The van der Waals surface area contributed by atoms with Crippen LogP contribution < -0.4 is 0 Å². The highest BCUT2D eigenvalue weighted by Crippen LogP contribution is 2.85. The Morgan fingerprint density at radius 1 is 1.08 bits per heavy atom. The lowest BCUT2D eigenvalue weighted by atomic mass is 9.35. The highest BCUT2D eigenvalue weighted by atomic mass is 16.6. The van der Waals surface area contributed by atoms with Crippen LogP contribution in [0.15, 0.2) is 23.8 Å². The molecule has 2 heterocycles. The van der Waals surface area contributed by atoms with Gasteiger partial charge in [-0.2, -0.15) is 0 Å². The van der Waals surface area contributed by atoms with Crippen LogP contribution in [0.2, 0.25) is 0 Å². The number of ether oxygens (including phenoxy) is 3. The van der Waals surface area contributed by atoms with Crippen molar-refractivity contribution in [3.8, 4) is 0 Å². The molecule has 0 radical (unpaired) electrons. The first kappa shape index (κ1) is 36.1. The van der Waals surface area contributed by atoms with Crippen LogP contribution in [0, 0.1) is 56.7 Å². The third-order valence-electron chi connectivity index (χ3n) is 15.8. The van der Waals surface area contributed by atoms with Crippen molar-refractivity contribution in [1.82, 2.24) is 4.90 Å². The molecule has 0 aromatic carbocycles. The first-order chi connectivity index (χ1) is 22.5. The van der Waals surface area contributed by atoms with Gasteiger partial charge in [0.25, 0.3) is 0 Å². The fourth-order valence-corrected chi connectivity index (χ4v) is 12.9. The number of rotatable bonds is 12. The summed E-state index contributed by atoms with van der Waals surface area (Å²) in [6.07, 6.45) is 7.12. The van der Waals surface area contributed by atoms with Gasteiger partial charge in [0.1, 0.15) is 11.7 Å². The van der Waals surface area contributed by atoms with Crippen LogP contribution in [-0.4, -0.2) is 84.3 Å². The Kier molecular flexibility index (Phi) is 8.95. The molecule has 12 atom stereocenters. The predicted octanol–water partition coefficient (Wildman–Crippen LogP) is 6.51. The molecule has 7 aliphatic rings. The summed E-state index contributed by atoms with van der Waals surface area (Å²) in [6.45, 7) is 27.5. The fourth-order valence-electron chi connectivity index (χ4n) is 12.9. The maximum atomic E-state index is 13.5. The number of hydrogen-bond acceptors (Lipinski definition) is 7. The number of nitrogens with zero attached hydrogens (tertiary/aromatic N) is 1. The van der Waals surface area contributed by atoms with Crippen molar-refractivity contribution in [3.63, 3.8) is 0 Å². The van der Waals surface area contributed by atoms with Crippen molar-refractivity contribution < 1.29 is 34.0 Å². The number of allylic oxidation sites excluding steroid dienone is 2. The molecular weight excluding hydrogens is 606 g/mol. The van der Waals surface area contributed by atoms with Gasteiger partial charge in [-0.3, -0.25) is 14.5 Å². The highest BCUT2D eigenvalue weighted by Gasteiger charge is 2.89. The Balaban J connectivity index is 1.39. The predicted molar refractivity (Wildman–Crippen MR) is 185 cm³/mol. The molecule has 270 valence electrons. The zero-order valence-corrected chi connectivity index (χ0v) is 31.2. The monoisotopic (exact) mass is 669 g/mol. The van der Waals surface area contributed by atoms with Gasteiger partial charge in [-0.05, 0) is 85.1 Å². The lowest BCUT2D eigenvalue weighted by Crippen LogP contribution is -2.72. The molecule has 2 bridgehead atoms. The molecule has 2 spiro atoms. The zero-order valence-electron chi connectivity index (χ0n) is 31.2. The van der Waals surface area contributed by atoms with Crippen molar-refractivity contribution in [2.75, 3.05) is 39.5 Å². The number of carbonyl (C=O) groups excluding carboxylic acids is 1. The van der Waals surface area contributed by atoms with Crippen LogP contribution in [0.5, 0.6) is 0 Å². The first-order valence-corrected chi connectivity index (χ1v) is 18.9. The van der Waals surface area contributed by atoms with Gasteiger partial charge in [0.05, 0.1) is 25.7 Å². The molecule has 2 aliphatic heterocycles. The van der Waals surface area contributed by atoms with Crippen LogP contribution in [0.25, 0.3) is 0 Å². The summed E-state index contributed by atoms with van der Waals surface area (Å²) in [5, 5.41) is 20.6. The Morgan fingerprint density at radius 3 is 2.40 bits per heavy atom. The largest absolute Gasteiger partial charge is 0.481 e. The first-order valence-electron chi connectivity index (χ1n) is 18.9. The molecule has 8 nitrogen and oxygen atoms in total. The summed E-state index contributed by atoms with van der Waals surface area (Å²) in [5.41, 5.74) is -0.237. The summed E-state index contributed by atoms with van der Waals surface area (Å²) in [6, 6.07) is 0. The van der Waals surface area contributed by atoms with E-state index in [0.717, 1.165) is 50.6 Å². The fraction of sp³-hybridized carbons (Fsp3) is 0.850. The zero-order chi connectivity index (χ0) is 35.2. The molecule has 2 unspecified atom stereocenters. The normalized spacial score (nSPS) is 46.3. The quantitative estimate of drug-likeness (QED) is 0.227. The van der Waals surface area contributed by atoms with E-state index in [9.17, 15) is 19.8 Å². The van der Waals surface area contributed by atoms with E-state index in [1.165, 1.54) is 12.5 Å². The number of carbonyl (C=O) groups is 2. The van der Waals surface area contributed by atoms with Gasteiger partial charge in [-0.25, -0.2) is 0 Å². The summed E-state index contributed by atoms with van der Waals surface area (Å²) in [5.74, 6) is -0.440. The number of carboxylic acids is 1. The lowest BCUT2D eigenvalue weighted by molar-refractivity contribution is -0.299. The van der Waals surface area contributed by atoms with Crippen molar-refractivity contribution in [1.29, 1.82) is 0 Å².